The van der Waals surface area contributed by atoms with Crippen molar-refractivity contribution < 1.29 is 19.1 Å². The summed E-state index contributed by atoms with van der Waals surface area (Å²) >= 11 is 0. The molecule has 0 aromatic heterocycles. The van der Waals surface area contributed by atoms with Gasteiger partial charge in [0.2, 0.25) is 6.29 Å². The summed E-state index contributed by atoms with van der Waals surface area (Å²) in [5, 5.41) is 0. The average molecular weight is 227 g/mol. The monoisotopic (exact) mass is 227 g/mol. The van der Waals surface area contributed by atoms with E-state index in [0.717, 1.165) is 12.2 Å². The predicted molar refractivity (Wildman–Crippen MR) is 59.5 cm³/mol. The number of hydrogen-bond acceptors (Lipinski definition) is 5. The second kappa shape index (κ2) is 7.64. The summed E-state index contributed by atoms with van der Waals surface area (Å²) < 4.78 is 9.70. The minimum Gasteiger partial charge on any atom is -0.422 e. The van der Waals surface area contributed by atoms with E-state index < -0.39 is 18.2 Å². The van der Waals surface area contributed by atoms with Crippen molar-refractivity contribution in [2.75, 3.05) is 20.6 Å². The Labute approximate surface area is 95.3 Å². The fraction of sp³-hybridized carbons (Fsp3) is 0.455. The third-order valence-corrected chi connectivity index (χ3v) is 1.64. The van der Waals surface area contributed by atoms with Gasteiger partial charge in [0, 0.05) is 25.1 Å². The van der Waals surface area contributed by atoms with Gasteiger partial charge in [-0.2, -0.15) is 0 Å². The van der Waals surface area contributed by atoms with Crippen LogP contribution < -0.4 is 0 Å². The number of ether oxygens (including phenoxy) is 2. The quantitative estimate of drug-likeness (QED) is 0.364. The third-order valence-electron chi connectivity index (χ3n) is 1.64. The van der Waals surface area contributed by atoms with Gasteiger partial charge >= 0.3 is 11.9 Å². The van der Waals surface area contributed by atoms with Crippen molar-refractivity contribution in [1.82, 2.24) is 4.90 Å². The van der Waals surface area contributed by atoms with Crippen LogP contribution in [-0.4, -0.2) is 43.8 Å². The van der Waals surface area contributed by atoms with Gasteiger partial charge in [0.1, 0.15) is 0 Å². The van der Waals surface area contributed by atoms with E-state index in [1.807, 2.05) is 19.0 Å². The molecule has 0 saturated heterocycles. The molecule has 0 N–H and O–H groups in total. The van der Waals surface area contributed by atoms with Crippen molar-refractivity contribution >= 4 is 11.9 Å². The summed E-state index contributed by atoms with van der Waals surface area (Å²) in [5.74, 6) is -1.25. The summed E-state index contributed by atoms with van der Waals surface area (Å²) in [4.78, 5) is 23.8. The molecule has 0 rings (SSSR count). The number of nitrogens with zero attached hydrogens (tertiary/aromatic N) is 1. The van der Waals surface area contributed by atoms with E-state index in [4.69, 9.17) is 9.47 Å². The van der Waals surface area contributed by atoms with Crippen molar-refractivity contribution in [3.63, 3.8) is 0 Å². The highest BCUT2D eigenvalue weighted by Gasteiger charge is 2.16. The lowest BCUT2D eigenvalue weighted by atomic mass is 10.4. The summed E-state index contributed by atoms with van der Waals surface area (Å²) in [7, 11) is 3.73. The predicted octanol–water partition coefficient (Wildman–Crippen LogP) is 0.723. The van der Waals surface area contributed by atoms with Crippen LogP contribution in [0.25, 0.3) is 0 Å². The maximum absolute atomic E-state index is 11.0. The highest BCUT2D eigenvalue weighted by atomic mass is 16.7. The largest absolute Gasteiger partial charge is 0.422 e. The summed E-state index contributed by atoms with van der Waals surface area (Å²) in [6, 6.07) is 0. The van der Waals surface area contributed by atoms with Crippen LogP contribution in [0.5, 0.6) is 0 Å². The van der Waals surface area contributed by atoms with E-state index in [1.54, 1.807) is 0 Å². The van der Waals surface area contributed by atoms with E-state index in [2.05, 4.69) is 13.2 Å². The lowest BCUT2D eigenvalue weighted by molar-refractivity contribution is -0.182. The van der Waals surface area contributed by atoms with E-state index in [9.17, 15) is 9.59 Å². The van der Waals surface area contributed by atoms with Crippen LogP contribution >= 0.6 is 0 Å². The Balaban J connectivity index is 4.25. The van der Waals surface area contributed by atoms with Crippen LogP contribution in [-0.2, 0) is 19.1 Å². The highest BCUT2D eigenvalue weighted by molar-refractivity contribution is 5.82. The van der Waals surface area contributed by atoms with Gasteiger partial charge in [0.25, 0.3) is 0 Å². The molecule has 0 aromatic rings. The van der Waals surface area contributed by atoms with Gasteiger partial charge in [-0.15, -0.1) is 0 Å². The van der Waals surface area contributed by atoms with Gasteiger partial charge in [0.15, 0.2) is 0 Å². The summed E-state index contributed by atoms with van der Waals surface area (Å²) in [5.41, 5.74) is 0. The van der Waals surface area contributed by atoms with Crippen molar-refractivity contribution in [2.45, 2.75) is 12.7 Å². The number of esters is 2. The van der Waals surface area contributed by atoms with E-state index >= 15 is 0 Å². The Bertz CT molecular complexity index is 251. The third kappa shape index (κ3) is 6.78. The van der Waals surface area contributed by atoms with Gasteiger partial charge < -0.3 is 14.4 Å². The first-order chi connectivity index (χ1) is 7.49. The first kappa shape index (κ1) is 14.4. The second-order valence-electron chi connectivity index (χ2n) is 3.30. The van der Waals surface area contributed by atoms with Gasteiger partial charge in [-0.3, -0.25) is 0 Å². The minimum atomic E-state index is -0.904. The van der Waals surface area contributed by atoms with Crippen molar-refractivity contribution in [1.29, 1.82) is 0 Å². The molecule has 0 radical (unpaired) electrons. The molecule has 0 heterocycles. The fourth-order valence-electron chi connectivity index (χ4n) is 0.861. The van der Waals surface area contributed by atoms with Gasteiger partial charge in [-0.05, 0) is 14.1 Å². The lowest BCUT2D eigenvalue weighted by Crippen LogP contribution is -2.27. The maximum Gasteiger partial charge on any atom is 0.333 e. The first-order valence-electron chi connectivity index (χ1n) is 4.80. The van der Waals surface area contributed by atoms with Gasteiger partial charge in [-0.25, -0.2) is 9.59 Å². The van der Waals surface area contributed by atoms with Crippen LogP contribution in [0.4, 0.5) is 0 Å². The molecule has 0 fully saturated rings. The topological polar surface area (TPSA) is 55.8 Å². The first-order valence-corrected chi connectivity index (χ1v) is 4.80. The number of carbonyl (C=O) groups excluding carboxylic acids is 2. The van der Waals surface area contributed by atoms with Gasteiger partial charge in [-0.1, -0.05) is 13.2 Å². The maximum atomic E-state index is 11.0. The molecular weight excluding hydrogens is 210 g/mol. The van der Waals surface area contributed by atoms with E-state index in [0.29, 0.717) is 13.0 Å². The molecule has 0 spiro atoms. The Morgan fingerprint density at radius 3 is 1.94 bits per heavy atom. The molecule has 0 aliphatic carbocycles. The lowest BCUT2D eigenvalue weighted by Gasteiger charge is -2.18. The molecule has 0 aliphatic rings. The van der Waals surface area contributed by atoms with Crippen molar-refractivity contribution in [2.24, 2.45) is 0 Å². The zero-order valence-corrected chi connectivity index (χ0v) is 9.64. The molecule has 5 nitrogen and oxygen atoms in total. The van der Waals surface area contributed by atoms with Crippen molar-refractivity contribution in [3.05, 3.63) is 25.3 Å². The minimum absolute atomic E-state index is 0.395. The molecular formula is C11H17NO4. The standard InChI is InChI=1S/C11H17NO4/c1-5-9(13)15-11(7-8-12(3)4)16-10(14)6-2/h5-6,11H,1-2,7-8H2,3-4H3. The zero-order chi connectivity index (χ0) is 12.6. The molecule has 0 unspecified atom stereocenters. The average Bonchev–Trinajstić information content (AvgIpc) is 2.25. The zero-order valence-electron chi connectivity index (χ0n) is 9.64. The smallest absolute Gasteiger partial charge is 0.333 e. The highest BCUT2D eigenvalue weighted by Crippen LogP contribution is 2.04. The number of hydrogen-bond donors (Lipinski definition) is 0. The molecule has 5 heteroatoms. The van der Waals surface area contributed by atoms with Crippen LogP contribution in [0, 0.1) is 0 Å². The summed E-state index contributed by atoms with van der Waals surface area (Å²) in [6.07, 6.45) is 1.53. The Kier molecular flexibility index (Phi) is 6.87. The Hall–Kier alpha value is -1.62. The summed E-state index contributed by atoms with van der Waals surface area (Å²) in [6.45, 7) is 7.15. The van der Waals surface area contributed by atoms with Crippen LogP contribution in [0.2, 0.25) is 0 Å². The molecule has 0 amide bonds. The van der Waals surface area contributed by atoms with E-state index in [1.165, 1.54) is 0 Å². The Morgan fingerprint density at radius 1 is 1.19 bits per heavy atom. The molecule has 16 heavy (non-hydrogen) atoms. The SMILES string of the molecule is C=CC(=O)OC(CCN(C)C)OC(=O)C=C. The molecule has 0 atom stereocenters. The second-order valence-corrected chi connectivity index (χ2v) is 3.30. The molecule has 0 bridgehead atoms. The Morgan fingerprint density at radius 2 is 1.62 bits per heavy atom. The molecule has 0 aliphatic heterocycles. The van der Waals surface area contributed by atoms with Crippen LogP contribution in [0.1, 0.15) is 6.42 Å². The van der Waals surface area contributed by atoms with Crippen molar-refractivity contribution in [3.8, 4) is 0 Å². The number of rotatable bonds is 7. The van der Waals surface area contributed by atoms with Crippen LogP contribution in [0.3, 0.4) is 0 Å². The molecule has 0 saturated carbocycles. The molecule has 90 valence electrons. The number of carbonyl (C=O) groups is 2. The van der Waals surface area contributed by atoms with Crippen LogP contribution in [0.15, 0.2) is 25.3 Å². The fourth-order valence-corrected chi connectivity index (χ4v) is 0.861. The molecule has 0 aromatic carbocycles. The van der Waals surface area contributed by atoms with E-state index in [-0.39, 0.29) is 0 Å². The van der Waals surface area contributed by atoms with Gasteiger partial charge in [0.05, 0.1) is 0 Å². The normalized spacial score (nSPS) is 10.0.